The third-order valence-electron chi connectivity index (χ3n) is 4.82. The average molecular weight is 370 g/mol. The number of methoxy groups -OCH3 is 1. The van der Waals surface area contributed by atoms with E-state index < -0.39 is 69.2 Å². The highest BCUT2D eigenvalue weighted by Crippen LogP contribution is 2.59. The van der Waals surface area contributed by atoms with Crippen LogP contribution >= 0.6 is 0 Å². The largest absolute Gasteiger partial charge is 0.469 e. The molecule has 0 aromatic heterocycles. The predicted octanol–water partition coefficient (Wildman–Crippen LogP) is -0.641. The van der Waals surface area contributed by atoms with Crippen LogP contribution in [0.1, 0.15) is 6.42 Å². The van der Waals surface area contributed by atoms with E-state index in [1.807, 2.05) is 0 Å². The Morgan fingerprint density at radius 2 is 1.96 bits per heavy atom. The van der Waals surface area contributed by atoms with Gasteiger partial charge in [0.25, 0.3) is 0 Å². The van der Waals surface area contributed by atoms with E-state index in [0.717, 1.165) is 7.11 Å². The second-order valence-electron chi connectivity index (χ2n) is 5.90. The Morgan fingerprint density at radius 1 is 1.33 bits per heavy atom. The van der Waals surface area contributed by atoms with Crippen molar-refractivity contribution in [2.45, 2.75) is 23.9 Å². The number of hydrogen-bond acceptors (Lipinski definition) is 8. The highest BCUT2D eigenvalue weighted by Gasteiger charge is 2.71. The molecule has 1 aliphatic heterocycles. The molecule has 0 radical (unpaired) electrons. The van der Waals surface area contributed by atoms with Crippen LogP contribution in [0.3, 0.4) is 0 Å². The third kappa shape index (κ3) is 2.12. The summed E-state index contributed by atoms with van der Waals surface area (Å²) >= 11 is 0. The van der Waals surface area contributed by atoms with E-state index in [9.17, 15) is 31.6 Å². The number of hydrogen-bond donors (Lipinski definition) is 1. The van der Waals surface area contributed by atoms with Crippen LogP contribution in [-0.4, -0.2) is 55.5 Å². The lowest BCUT2D eigenvalue weighted by atomic mass is 9.78. The maximum absolute atomic E-state index is 13.3. The zero-order valence-electron chi connectivity index (χ0n) is 12.0. The van der Waals surface area contributed by atoms with E-state index in [4.69, 9.17) is 9.29 Å². The average Bonchev–Trinajstić information content (AvgIpc) is 3.08. The van der Waals surface area contributed by atoms with Gasteiger partial charge in [-0.1, -0.05) is 0 Å². The zero-order valence-corrected chi connectivity index (χ0v) is 12.9. The molecule has 9 nitrogen and oxygen atoms in total. The van der Waals surface area contributed by atoms with Gasteiger partial charge in [-0.2, -0.15) is 17.2 Å². The number of ether oxygens (including phenoxy) is 3. The fourth-order valence-electron chi connectivity index (χ4n) is 3.90. The topological polar surface area (TPSA) is 133 Å². The Bertz CT molecular complexity index is 718. The van der Waals surface area contributed by atoms with Crippen LogP contribution in [0.2, 0.25) is 0 Å². The maximum Gasteiger partial charge on any atom is 0.465 e. The second-order valence-corrected chi connectivity index (χ2v) is 7.36. The molecule has 24 heavy (non-hydrogen) atoms. The lowest BCUT2D eigenvalue weighted by molar-refractivity contribution is -0.179. The first kappa shape index (κ1) is 17.0. The first-order chi connectivity index (χ1) is 11.0. The molecule has 0 amide bonds. The standard InChI is InChI=1S/C12H12F2O9S/c1-21-9(15)5-3-2-4-6(5)10(16)22-7(4)8(3)23-11(17)12(13,14)24(18,19)20/h3-8H,2H2,1H3,(H,18,19,20). The number of halogens is 2. The van der Waals surface area contributed by atoms with E-state index in [2.05, 4.69) is 9.47 Å². The molecular weight excluding hydrogens is 358 g/mol. The van der Waals surface area contributed by atoms with Gasteiger partial charge >= 0.3 is 33.3 Å². The molecule has 12 heteroatoms. The van der Waals surface area contributed by atoms with E-state index in [0.29, 0.717) is 0 Å². The van der Waals surface area contributed by atoms with Gasteiger partial charge in [-0.05, 0) is 6.42 Å². The predicted molar refractivity (Wildman–Crippen MR) is 66.8 cm³/mol. The molecule has 2 bridgehead atoms. The van der Waals surface area contributed by atoms with Crippen molar-refractivity contribution in [2.75, 3.05) is 7.11 Å². The summed E-state index contributed by atoms with van der Waals surface area (Å²) < 4.78 is 70.4. The molecule has 134 valence electrons. The van der Waals surface area contributed by atoms with Crippen molar-refractivity contribution < 1.29 is 50.3 Å². The van der Waals surface area contributed by atoms with Gasteiger partial charge in [0.05, 0.1) is 18.9 Å². The van der Waals surface area contributed by atoms with Gasteiger partial charge in [-0.15, -0.1) is 0 Å². The molecule has 2 aliphatic carbocycles. The lowest BCUT2D eigenvalue weighted by Crippen LogP contribution is -2.47. The minimum atomic E-state index is -6.02. The van der Waals surface area contributed by atoms with Crippen LogP contribution in [0.5, 0.6) is 0 Å². The fraction of sp³-hybridized carbons (Fsp3) is 0.750. The van der Waals surface area contributed by atoms with Crippen LogP contribution in [0.25, 0.3) is 0 Å². The number of rotatable bonds is 4. The Hall–Kier alpha value is -1.82. The van der Waals surface area contributed by atoms with E-state index in [1.165, 1.54) is 0 Å². The van der Waals surface area contributed by atoms with Gasteiger partial charge in [0.2, 0.25) is 0 Å². The van der Waals surface area contributed by atoms with Gasteiger partial charge < -0.3 is 14.2 Å². The number of carbonyl (C=O) groups is 3. The van der Waals surface area contributed by atoms with Crippen LogP contribution in [0, 0.1) is 23.7 Å². The van der Waals surface area contributed by atoms with Crippen LogP contribution in [-0.2, 0) is 38.7 Å². The first-order valence-electron chi connectivity index (χ1n) is 6.85. The molecule has 0 aromatic rings. The maximum atomic E-state index is 13.3. The van der Waals surface area contributed by atoms with Crippen LogP contribution < -0.4 is 0 Å². The van der Waals surface area contributed by atoms with Gasteiger partial charge in [0, 0.05) is 11.8 Å². The molecule has 3 fully saturated rings. The third-order valence-corrected chi connectivity index (χ3v) is 5.64. The molecule has 0 spiro atoms. The van der Waals surface area contributed by atoms with Crippen molar-refractivity contribution >= 4 is 28.0 Å². The van der Waals surface area contributed by atoms with Crippen molar-refractivity contribution in [3.63, 3.8) is 0 Å². The van der Waals surface area contributed by atoms with Gasteiger partial charge in [-0.3, -0.25) is 14.1 Å². The monoisotopic (exact) mass is 370 g/mol. The number of esters is 3. The smallest absolute Gasteiger partial charge is 0.465 e. The van der Waals surface area contributed by atoms with Crippen molar-refractivity contribution in [1.82, 2.24) is 0 Å². The molecule has 1 saturated heterocycles. The summed E-state index contributed by atoms with van der Waals surface area (Å²) in [5.74, 6) is -7.14. The summed E-state index contributed by atoms with van der Waals surface area (Å²) in [5, 5.41) is -5.17. The molecule has 1 N–H and O–H groups in total. The van der Waals surface area contributed by atoms with Crippen molar-refractivity contribution in [3.8, 4) is 0 Å². The number of carbonyl (C=O) groups excluding carboxylic acids is 3. The van der Waals surface area contributed by atoms with Crippen LogP contribution in [0.15, 0.2) is 0 Å². The Balaban J connectivity index is 1.87. The molecule has 1 heterocycles. The lowest BCUT2D eigenvalue weighted by Gasteiger charge is -2.30. The Kier molecular flexibility index (Phi) is 3.61. The first-order valence-corrected chi connectivity index (χ1v) is 8.29. The minimum Gasteiger partial charge on any atom is -0.469 e. The molecule has 3 aliphatic rings. The zero-order chi connectivity index (χ0) is 18.0. The van der Waals surface area contributed by atoms with Gasteiger partial charge in [0.15, 0.2) is 0 Å². The van der Waals surface area contributed by atoms with E-state index in [-0.39, 0.29) is 6.42 Å². The SMILES string of the molecule is COC(=O)C1C2CC3C(OC(=O)C31)C2OC(=O)C(F)(F)S(=O)(=O)O. The molecule has 2 saturated carbocycles. The number of fused-ring (bicyclic) bond motifs is 1. The van der Waals surface area contributed by atoms with E-state index in [1.54, 1.807) is 0 Å². The summed E-state index contributed by atoms with van der Waals surface area (Å²) in [7, 11) is -4.94. The molecular formula is C12H12F2O9S. The van der Waals surface area contributed by atoms with Crippen molar-refractivity contribution in [2.24, 2.45) is 23.7 Å². The summed E-state index contributed by atoms with van der Waals surface area (Å²) in [4.78, 5) is 35.2. The molecule has 3 rings (SSSR count). The number of alkyl halides is 2. The molecule has 0 aromatic carbocycles. The Labute approximate surface area is 134 Å². The molecule has 6 atom stereocenters. The van der Waals surface area contributed by atoms with E-state index >= 15 is 0 Å². The highest BCUT2D eigenvalue weighted by molar-refractivity contribution is 7.87. The fourth-order valence-corrected chi connectivity index (χ4v) is 4.16. The van der Waals surface area contributed by atoms with Gasteiger partial charge in [-0.25, -0.2) is 4.79 Å². The van der Waals surface area contributed by atoms with Crippen molar-refractivity contribution in [3.05, 3.63) is 0 Å². The summed E-state index contributed by atoms with van der Waals surface area (Å²) in [6.07, 6.45) is -2.24. The summed E-state index contributed by atoms with van der Waals surface area (Å²) in [5.41, 5.74) is 0. The molecule has 6 unspecified atom stereocenters. The second kappa shape index (κ2) is 5.09. The Morgan fingerprint density at radius 3 is 2.50 bits per heavy atom. The normalized spacial score (nSPS) is 37.2. The highest BCUT2D eigenvalue weighted by atomic mass is 32.2. The van der Waals surface area contributed by atoms with Crippen molar-refractivity contribution in [1.29, 1.82) is 0 Å². The van der Waals surface area contributed by atoms with Gasteiger partial charge in [0.1, 0.15) is 12.2 Å². The van der Waals surface area contributed by atoms with Crippen LogP contribution in [0.4, 0.5) is 8.78 Å². The minimum absolute atomic E-state index is 0.205. The quantitative estimate of drug-likeness (QED) is 0.389. The summed E-state index contributed by atoms with van der Waals surface area (Å²) in [6.45, 7) is 0. The summed E-state index contributed by atoms with van der Waals surface area (Å²) in [6, 6.07) is 0.